The number of benzene rings is 2. The van der Waals surface area contributed by atoms with E-state index in [2.05, 4.69) is 5.32 Å². The molecule has 0 bridgehead atoms. The molecule has 146 valence electrons. The van der Waals surface area contributed by atoms with Crippen LogP contribution in [0.5, 0.6) is 17.2 Å². The highest BCUT2D eigenvalue weighted by Gasteiger charge is 2.30. The van der Waals surface area contributed by atoms with Gasteiger partial charge in [-0.25, -0.2) is 0 Å². The first kappa shape index (κ1) is 20.9. The topological polar surface area (TPSA) is 60.0 Å². The van der Waals surface area contributed by atoms with E-state index < -0.39 is 0 Å². The van der Waals surface area contributed by atoms with Crippen molar-refractivity contribution in [3.8, 4) is 17.2 Å². The summed E-state index contributed by atoms with van der Waals surface area (Å²) in [5, 5.41) is 3.37. The van der Waals surface area contributed by atoms with Gasteiger partial charge in [-0.1, -0.05) is 18.2 Å². The molecule has 0 aromatic heterocycles. The predicted molar refractivity (Wildman–Crippen MR) is 106 cm³/mol. The van der Waals surface area contributed by atoms with Gasteiger partial charge in [0.2, 0.25) is 0 Å². The molecule has 1 unspecified atom stereocenters. The Labute approximate surface area is 165 Å². The number of nitrogens with one attached hydrogen (secondary N) is 1. The number of ether oxygens (including phenoxy) is 3. The number of carbonyl (C=O) groups is 1. The summed E-state index contributed by atoms with van der Waals surface area (Å²) in [7, 11) is 4.80. The van der Waals surface area contributed by atoms with Crippen molar-refractivity contribution in [2.45, 2.75) is 6.04 Å². The minimum absolute atomic E-state index is 0. The van der Waals surface area contributed by atoms with Gasteiger partial charge in [0.15, 0.2) is 0 Å². The van der Waals surface area contributed by atoms with Gasteiger partial charge in [0.25, 0.3) is 5.91 Å². The van der Waals surface area contributed by atoms with Crippen molar-refractivity contribution in [3.63, 3.8) is 0 Å². The molecule has 1 atom stereocenters. The molecule has 3 rings (SSSR count). The monoisotopic (exact) mass is 392 g/mol. The van der Waals surface area contributed by atoms with E-state index in [4.69, 9.17) is 14.2 Å². The van der Waals surface area contributed by atoms with Gasteiger partial charge in [0, 0.05) is 36.8 Å². The lowest BCUT2D eigenvalue weighted by Gasteiger charge is -2.37. The second kappa shape index (κ2) is 9.48. The van der Waals surface area contributed by atoms with Crippen molar-refractivity contribution in [3.05, 3.63) is 53.6 Å². The lowest BCUT2D eigenvalue weighted by molar-refractivity contribution is 0.0631. The van der Waals surface area contributed by atoms with Gasteiger partial charge in [0.05, 0.1) is 27.4 Å². The van der Waals surface area contributed by atoms with E-state index in [1.807, 2.05) is 29.2 Å². The number of hydrogen-bond donors (Lipinski definition) is 1. The van der Waals surface area contributed by atoms with Crippen LogP contribution in [0.1, 0.15) is 22.0 Å². The van der Waals surface area contributed by atoms with Gasteiger partial charge < -0.3 is 24.4 Å². The summed E-state index contributed by atoms with van der Waals surface area (Å²) in [4.78, 5) is 15.1. The molecular formula is C20H25ClN2O4. The molecular weight excluding hydrogens is 368 g/mol. The van der Waals surface area contributed by atoms with E-state index in [-0.39, 0.29) is 24.4 Å². The van der Waals surface area contributed by atoms with Crippen LogP contribution in [0.15, 0.2) is 42.5 Å². The maximum absolute atomic E-state index is 13.3. The number of carbonyl (C=O) groups excluding carboxylic acids is 1. The van der Waals surface area contributed by atoms with Crippen molar-refractivity contribution in [1.82, 2.24) is 10.2 Å². The Bertz CT molecular complexity index is 762. The first-order chi connectivity index (χ1) is 12.7. The van der Waals surface area contributed by atoms with Crippen LogP contribution in [0.3, 0.4) is 0 Å². The fourth-order valence-corrected chi connectivity index (χ4v) is 3.26. The molecule has 7 heteroatoms. The quantitative estimate of drug-likeness (QED) is 0.847. The summed E-state index contributed by atoms with van der Waals surface area (Å²) in [5.41, 5.74) is 1.54. The predicted octanol–water partition coefficient (Wildman–Crippen LogP) is 2.92. The Balaban J connectivity index is 0.00000261. The number of para-hydroxylation sites is 1. The molecule has 1 heterocycles. The maximum Gasteiger partial charge on any atom is 0.254 e. The lowest BCUT2D eigenvalue weighted by atomic mass is 10.0. The van der Waals surface area contributed by atoms with Crippen molar-refractivity contribution >= 4 is 18.3 Å². The smallest absolute Gasteiger partial charge is 0.254 e. The molecule has 0 spiro atoms. The van der Waals surface area contributed by atoms with Crippen LogP contribution in [-0.4, -0.2) is 51.8 Å². The second-order valence-electron chi connectivity index (χ2n) is 6.06. The third-order valence-electron chi connectivity index (χ3n) is 4.60. The second-order valence-corrected chi connectivity index (χ2v) is 6.06. The zero-order valence-corrected chi connectivity index (χ0v) is 16.5. The lowest BCUT2D eigenvalue weighted by Crippen LogP contribution is -2.48. The van der Waals surface area contributed by atoms with Crippen LogP contribution in [0.25, 0.3) is 0 Å². The molecule has 2 aromatic rings. The van der Waals surface area contributed by atoms with E-state index in [0.29, 0.717) is 30.2 Å². The van der Waals surface area contributed by atoms with Gasteiger partial charge in [-0.2, -0.15) is 0 Å². The number of rotatable bonds is 5. The molecule has 0 aliphatic carbocycles. The normalized spacial score (nSPS) is 16.3. The number of methoxy groups -OCH3 is 3. The van der Waals surface area contributed by atoms with Crippen molar-refractivity contribution in [2.24, 2.45) is 0 Å². The minimum atomic E-state index is -0.107. The Morgan fingerprint density at radius 3 is 2.33 bits per heavy atom. The van der Waals surface area contributed by atoms with Crippen molar-refractivity contribution in [2.75, 3.05) is 41.0 Å². The number of amides is 1. The molecule has 2 aromatic carbocycles. The van der Waals surface area contributed by atoms with E-state index in [0.717, 1.165) is 17.9 Å². The van der Waals surface area contributed by atoms with E-state index >= 15 is 0 Å². The minimum Gasteiger partial charge on any atom is -0.497 e. The molecule has 1 aliphatic heterocycles. The molecule has 0 radical (unpaired) electrons. The molecule has 1 saturated heterocycles. The standard InChI is InChI=1S/C20H24N2O4.ClH/c1-24-15-10-14(11-16(12-15)25-2)20(23)22-9-8-21-13-18(22)17-6-4-5-7-19(17)26-3;/h4-7,10-12,18,21H,8-9,13H2,1-3H3;1H. The Morgan fingerprint density at radius 1 is 1.04 bits per heavy atom. The van der Waals surface area contributed by atoms with Crippen LogP contribution in [0, 0.1) is 0 Å². The van der Waals surface area contributed by atoms with Crippen molar-refractivity contribution < 1.29 is 19.0 Å². The van der Waals surface area contributed by atoms with Gasteiger partial charge in [-0.3, -0.25) is 4.79 Å². The number of halogens is 1. The summed E-state index contributed by atoms with van der Waals surface area (Å²) >= 11 is 0. The zero-order chi connectivity index (χ0) is 18.5. The SMILES string of the molecule is COc1cc(OC)cc(C(=O)N2CCNCC2c2ccccc2OC)c1.Cl. The number of piperazine rings is 1. The van der Waals surface area contributed by atoms with E-state index in [1.54, 1.807) is 39.5 Å². The average molecular weight is 393 g/mol. The average Bonchev–Trinajstić information content (AvgIpc) is 2.72. The first-order valence-corrected chi connectivity index (χ1v) is 8.55. The summed E-state index contributed by atoms with van der Waals surface area (Å²) in [6.07, 6.45) is 0. The molecule has 1 amide bonds. The molecule has 6 nitrogen and oxygen atoms in total. The van der Waals surface area contributed by atoms with Crippen LogP contribution in [0.2, 0.25) is 0 Å². The van der Waals surface area contributed by atoms with Crippen LogP contribution >= 0.6 is 12.4 Å². The first-order valence-electron chi connectivity index (χ1n) is 8.55. The highest BCUT2D eigenvalue weighted by molar-refractivity contribution is 5.95. The Morgan fingerprint density at radius 2 is 1.70 bits per heavy atom. The number of nitrogens with zero attached hydrogens (tertiary/aromatic N) is 1. The highest BCUT2D eigenvalue weighted by atomic mass is 35.5. The van der Waals surface area contributed by atoms with Crippen LogP contribution in [-0.2, 0) is 0 Å². The Kier molecular flexibility index (Phi) is 7.33. The van der Waals surface area contributed by atoms with Gasteiger partial charge in [0.1, 0.15) is 17.2 Å². The fourth-order valence-electron chi connectivity index (χ4n) is 3.26. The van der Waals surface area contributed by atoms with E-state index in [1.165, 1.54) is 0 Å². The van der Waals surface area contributed by atoms with Gasteiger partial charge >= 0.3 is 0 Å². The van der Waals surface area contributed by atoms with Gasteiger partial charge in [-0.05, 0) is 18.2 Å². The van der Waals surface area contributed by atoms with E-state index in [9.17, 15) is 4.79 Å². The molecule has 0 saturated carbocycles. The highest BCUT2D eigenvalue weighted by Crippen LogP contribution is 2.32. The fraction of sp³-hybridized carbons (Fsp3) is 0.350. The molecule has 1 N–H and O–H groups in total. The molecule has 1 fully saturated rings. The maximum atomic E-state index is 13.3. The van der Waals surface area contributed by atoms with Crippen LogP contribution in [0.4, 0.5) is 0 Å². The van der Waals surface area contributed by atoms with Crippen LogP contribution < -0.4 is 19.5 Å². The summed E-state index contributed by atoms with van der Waals surface area (Å²) in [6, 6.07) is 12.9. The van der Waals surface area contributed by atoms with Crippen molar-refractivity contribution in [1.29, 1.82) is 0 Å². The third-order valence-corrected chi connectivity index (χ3v) is 4.60. The molecule has 1 aliphatic rings. The summed E-state index contributed by atoms with van der Waals surface area (Å²) < 4.78 is 16.1. The molecule has 27 heavy (non-hydrogen) atoms. The number of hydrogen-bond acceptors (Lipinski definition) is 5. The van der Waals surface area contributed by atoms with Gasteiger partial charge in [-0.15, -0.1) is 12.4 Å². The summed E-state index contributed by atoms with van der Waals surface area (Å²) in [6.45, 7) is 2.03. The third kappa shape index (κ3) is 4.46. The Hall–Kier alpha value is -2.44. The zero-order valence-electron chi connectivity index (χ0n) is 15.7. The summed E-state index contributed by atoms with van der Waals surface area (Å²) in [5.74, 6) is 1.91. The largest absolute Gasteiger partial charge is 0.497 e.